The summed E-state index contributed by atoms with van der Waals surface area (Å²) in [7, 11) is 5.12. The number of ether oxygens (including phenoxy) is 2. The summed E-state index contributed by atoms with van der Waals surface area (Å²) in [6, 6.07) is 13.2. The van der Waals surface area contributed by atoms with Gasteiger partial charge >= 0.3 is 0 Å². The van der Waals surface area contributed by atoms with Gasteiger partial charge in [-0.25, -0.2) is 0 Å². The van der Waals surface area contributed by atoms with Gasteiger partial charge in [0.15, 0.2) is 11.5 Å². The SMILES string of the molecule is COc1ccc(CN2CCCC2)cc1Oc1ccc(C(=O)N(C)C)cc1. The maximum absolute atomic E-state index is 12.0. The lowest BCUT2D eigenvalue weighted by Gasteiger charge is -2.17. The molecule has 0 radical (unpaired) electrons. The van der Waals surface area contributed by atoms with Crippen LogP contribution < -0.4 is 9.47 Å². The van der Waals surface area contributed by atoms with E-state index in [1.54, 1.807) is 38.2 Å². The second-order valence-electron chi connectivity index (χ2n) is 6.79. The molecule has 0 aliphatic carbocycles. The summed E-state index contributed by atoms with van der Waals surface area (Å²) in [6.45, 7) is 3.24. The van der Waals surface area contributed by atoms with E-state index in [4.69, 9.17) is 9.47 Å². The van der Waals surface area contributed by atoms with Gasteiger partial charge in [0.25, 0.3) is 5.91 Å². The van der Waals surface area contributed by atoms with Crippen LogP contribution in [-0.2, 0) is 6.54 Å². The molecule has 1 saturated heterocycles. The number of hydrogen-bond donors (Lipinski definition) is 0. The van der Waals surface area contributed by atoms with Crippen LogP contribution in [0.15, 0.2) is 42.5 Å². The normalized spacial score (nSPS) is 14.3. The largest absolute Gasteiger partial charge is 0.493 e. The molecule has 0 saturated carbocycles. The number of amides is 1. The second kappa shape index (κ2) is 8.23. The lowest BCUT2D eigenvalue weighted by atomic mass is 10.1. The molecule has 2 aromatic rings. The van der Waals surface area contributed by atoms with Gasteiger partial charge in [0.1, 0.15) is 5.75 Å². The van der Waals surface area contributed by atoms with Gasteiger partial charge in [0.2, 0.25) is 0 Å². The van der Waals surface area contributed by atoms with E-state index in [1.165, 1.54) is 18.4 Å². The minimum atomic E-state index is -0.0262. The minimum Gasteiger partial charge on any atom is -0.493 e. The zero-order chi connectivity index (χ0) is 18.5. The van der Waals surface area contributed by atoms with Gasteiger partial charge in [0, 0.05) is 26.2 Å². The molecule has 138 valence electrons. The molecule has 1 heterocycles. The van der Waals surface area contributed by atoms with Gasteiger partial charge in [0.05, 0.1) is 7.11 Å². The molecule has 1 fully saturated rings. The molecule has 0 unspecified atom stereocenters. The van der Waals surface area contributed by atoms with Crippen LogP contribution in [0.5, 0.6) is 17.2 Å². The van der Waals surface area contributed by atoms with Crippen molar-refractivity contribution in [3.63, 3.8) is 0 Å². The Hall–Kier alpha value is -2.53. The fraction of sp³-hybridized carbons (Fsp3) is 0.381. The Balaban J connectivity index is 1.75. The first-order valence-electron chi connectivity index (χ1n) is 8.95. The fourth-order valence-electron chi connectivity index (χ4n) is 3.15. The second-order valence-corrected chi connectivity index (χ2v) is 6.79. The first-order valence-corrected chi connectivity index (χ1v) is 8.95. The molecule has 0 N–H and O–H groups in total. The summed E-state index contributed by atoms with van der Waals surface area (Å²) in [4.78, 5) is 16.0. The van der Waals surface area contributed by atoms with Crippen molar-refractivity contribution in [2.24, 2.45) is 0 Å². The summed E-state index contributed by atoms with van der Waals surface area (Å²) in [5.41, 5.74) is 1.85. The predicted octanol–water partition coefficient (Wildman–Crippen LogP) is 3.79. The van der Waals surface area contributed by atoms with Crippen molar-refractivity contribution in [2.75, 3.05) is 34.3 Å². The smallest absolute Gasteiger partial charge is 0.253 e. The molecule has 0 bridgehead atoms. The number of carbonyl (C=O) groups excluding carboxylic acids is 1. The van der Waals surface area contributed by atoms with Gasteiger partial charge in [-0.15, -0.1) is 0 Å². The maximum atomic E-state index is 12.0. The molecule has 2 aromatic carbocycles. The van der Waals surface area contributed by atoms with Crippen LogP contribution >= 0.6 is 0 Å². The molecule has 1 aliphatic heterocycles. The summed E-state index contributed by atoms with van der Waals surface area (Å²) >= 11 is 0. The van der Waals surface area contributed by atoms with Gasteiger partial charge in [-0.1, -0.05) is 6.07 Å². The Morgan fingerprint density at radius 1 is 1.04 bits per heavy atom. The van der Waals surface area contributed by atoms with Crippen LogP contribution in [0.2, 0.25) is 0 Å². The quantitative estimate of drug-likeness (QED) is 0.792. The number of benzene rings is 2. The van der Waals surface area contributed by atoms with E-state index in [9.17, 15) is 4.79 Å². The third-order valence-corrected chi connectivity index (χ3v) is 4.57. The third kappa shape index (κ3) is 4.35. The predicted molar refractivity (Wildman–Crippen MR) is 102 cm³/mol. The Morgan fingerprint density at radius 2 is 1.73 bits per heavy atom. The lowest BCUT2D eigenvalue weighted by molar-refractivity contribution is 0.0827. The van der Waals surface area contributed by atoms with Crippen LogP contribution in [0.25, 0.3) is 0 Å². The van der Waals surface area contributed by atoms with Crippen molar-refractivity contribution in [2.45, 2.75) is 19.4 Å². The Morgan fingerprint density at radius 3 is 2.35 bits per heavy atom. The fourth-order valence-corrected chi connectivity index (χ4v) is 3.15. The van der Waals surface area contributed by atoms with E-state index >= 15 is 0 Å². The standard InChI is InChI=1S/C21H26N2O3/c1-22(2)21(24)17-7-9-18(10-8-17)26-20-14-16(6-11-19(20)25-3)15-23-12-4-5-13-23/h6-11,14H,4-5,12-13,15H2,1-3H3. The van der Waals surface area contributed by atoms with E-state index in [0.29, 0.717) is 22.8 Å². The molecule has 3 rings (SSSR count). The van der Waals surface area contributed by atoms with E-state index in [0.717, 1.165) is 19.6 Å². The van der Waals surface area contributed by atoms with E-state index in [-0.39, 0.29) is 5.91 Å². The minimum absolute atomic E-state index is 0.0262. The van der Waals surface area contributed by atoms with Gasteiger partial charge < -0.3 is 14.4 Å². The maximum Gasteiger partial charge on any atom is 0.253 e. The summed E-state index contributed by atoms with van der Waals surface area (Å²) in [5.74, 6) is 2.04. The average Bonchev–Trinajstić information content (AvgIpc) is 3.15. The van der Waals surface area contributed by atoms with Crippen molar-refractivity contribution in [3.05, 3.63) is 53.6 Å². The van der Waals surface area contributed by atoms with Gasteiger partial charge in [-0.05, 0) is 67.9 Å². The van der Waals surface area contributed by atoms with Crippen molar-refractivity contribution < 1.29 is 14.3 Å². The lowest BCUT2D eigenvalue weighted by Crippen LogP contribution is -2.21. The molecular weight excluding hydrogens is 328 g/mol. The number of nitrogens with zero attached hydrogens (tertiary/aromatic N) is 2. The van der Waals surface area contributed by atoms with Gasteiger partial charge in [-0.2, -0.15) is 0 Å². The average molecular weight is 354 g/mol. The van der Waals surface area contributed by atoms with Crippen molar-refractivity contribution >= 4 is 5.91 Å². The van der Waals surface area contributed by atoms with E-state index in [2.05, 4.69) is 11.0 Å². The molecule has 1 amide bonds. The molecule has 5 heteroatoms. The molecule has 0 atom stereocenters. The summed E-state index contributed by atoms with van der Waals surface area (Å²) in [6.07, 6.45) is 2.55. The summed E-state index contributed by atoms with van der Waals surface area (Å²) < 4.78 is 11.5. The molecule has 26 heavy (non-hydrogen) atoms. The molecule has 0 aromatic heterocycles. The zero-order valence-corrected chi connectivity index (χ0v) is 15.7. The Labute approximate surface area is 155 Å². The van der Waals surface area contributed by atoms with Crippen LogP contribution in [-0.4, -0.2) is 50.0 Å². The molecule has 1 aliphatic rings. The van der Waals surface area contributed by atoms with Crippen LogP contribution in [0, 0.1) is 0 Å². The summed E-state index contributed by atoms with van der Waals surface area (Å²) in [5, 5.41) is 0. The third-order valence-electron chi connectivity index (χ3n) is 4.57. The van der Waals surface area contributed by atoms with Crippen molar-refractivity contribution in [3.8, 4) is 17.2 Å². The van der Waals surface area contributed by atoms with Crippen molar-refractivity contribution in [1.29, 1.82) is 0 Å². The van der Waals surface area contributed by atoms with Crippen molar-refractivity contribution in [1.82, 2.24) is 9.80 Å². The van der Waals surface area contributed by atoms with E-state index in [1.807, 2.05) is 24.3 Å². The monoisotopic (exact) mass is 354 g/mol. The van der Waals surface area contributed by atoms with Crippen LogP contribution in [0.1, 0.15) is 28.8 Å². The number of carbonyl (C=O) groups is 1. The molecular formula is C21H26N2O3. The van der Waals surface area contributed by atoms with Crippen LogP contribution in [0.3, 0.4) is 0 Å². The zero-order valence-electron chi connectivity index (χ0n) is 15.7. The highest BCUT2D eigenvalue weighted by Crippen LogP contribution is 2.33. The Bertz CT molecular complexity index is 750. The number of likely N-dealkylation sites (tertiary alicyclic amines) is 1. The molecule has 5 nitrogen and oxygen atoms in total. The number of hydrogen-bond acceptors (Lipinski definition) is 4. The first kappa shape index (κ1) is 18.3. The Kier molecular flexibility index (Phi) is 5.78. The highest BCUT2D eigenvalue weighted by molar-refractivity contribution is 5.93. The topological polar surface area (TPSA) is 42.0 Å². The number of methoxy groups -OCH3 is 1. The number of rotatable bonds is 6. The van der Waals surface area contributed by atoms with E-state index < -0.39 is 0 Å². The van der Waals surface area contributed by atoms with Gasteiger partial charge in [-0.3, -0.25) is 9.69 Å². The molecule has 0 spiro atoms. The highest BCUT2D eigenvalue weighted by Gasteiger charge is 2.14. The first-order chi connectivity index (χ1) is 12.6. The van der Waals surface area contributed by atoms with Crippen LogP contribution in [0.4, 0.5) is 0 Å². The highest BCUT2D eigenvalue weighted by atomic mass is 16.5.